The zero-order valence-corrected chi connectivity index (χ0v) is 12.7. The van der Waals surface area contributed by atoms with Crippen LogP contribution in [0.3, 0.4) is 0 Å². The van der Waals surface area contributed by atoms with Gasteiger partial charge in [0.25, 0.3) is 0 Å². The molecule has 0 aliphatic carbocycles. The molecule has 1 aromatic heterocycles. The number of nitrogens with zero attached hydrogens (tertiary/aromatic N) is 2. The van der Waals surface area contributed by atoms with Gasteiger partial charge < -0.3 is 5.32 Å². The van der Waals surface area contributed by atoms with Crippen LogP contribution < -0.4 is 5.32 Å². The van der Waals surface area contributed by atoms with E-state index in [4.69, 9.17) is 0 Å². The van der Waals surface area contributed by atoms with Gasteiger partial charge in [0.15, 0.2) is 0 Å². The summed E-state index contributed by atoms with van der Waals surface area (Å²) in [5.41, 5.74) is 2.56. The minimum atomic E-state index is 0.492. The maximum atomic E-state index is 4.57. The van der Waals surface area contributed by atoms with E-state index in [9.17, 15) is 0 Å². The zero-order valence-electron chi connectivity index (χ0n) is 11.9. The second kappa shape index (κ2) is 6.48. The van der Waals surface area contributed by atoms with E-state index in [-0.39, 0.29) is 0 Å². The van der Waals surface area contributed by atoms with Crippen LogP contribution in [-0.4, -0.2) is 36.1 Å². The third-order valence-electron chi connectivity index (χ3n) is 3.82. The lowest BCUT2D eigenvalue weighted by Crippen LogP contribution is -2.46. The highest BCUT2D eigenvalue weighted by atomic mass is 32.1. The third-order valence-corrected chi connectivity index (χ3v) is 4.84. The first-order valence-corrected chi connectivity index (χ1v) is 8.11. The van der Waals surface area contributed by atoms with Crippen LogP contribution in [-0.2, 0) is 6.42 Å². The second-order valence-corrected chi connectivity index (χ2v) is 6.24. The van der Waals surface area contributed by atoms with Crippen molar-refractivity contribution in [3.63, 3.8) is 0 Å². The fourth-order valence-corrected chi connectivity index (χ4v) is 3.54. The predicted octanol–water partition coefficient (Wildman–Crippen LogP) is 2.64. The van der Waals surface area contributed by atoms with Gasteiger partial charge in [-0.2, -0.15) is 0 Å². The van der Waals surface area contributed by atoms with Crippen molar-refractivity contribution in [3.05, 3.63) is 52.0 Å². The second-order valence-electron chi connectivity index (χ2n) is 5.30. The van der Waals surface area contributed by atoms with E-state index >= 15 is 0 Å². The van der Waals surface area contributed by atoms with Crippen molar-refractivity contribution in [1.29, 1.82) is 0 Å². The number of benzene rings is 1. The normalized spacial score (nSPS) is 20.1. The van der Waals surface area contributed by atoms with Crippen LogP contribution >= 0.6 is 11.3 Å². The van der Waals surface area contributed by atoms with Crippen LogP contribution in [0.4, 0.5) is 0 Å². The molecule has 3 nitrogen and oxygen atoms in total. The summed E-state index contributed by atoms with van der Waals surface area (Å²) >= 11 is 1.78. The molecule has 106 valence electrons. The summed E-state index contributed by atoms with van der Waals surface area (Å²) < 4.78 is 0. The molecule has 1 saturated heterocycles. The minimum absolute atomic E-state index is 0.492. The first-order chi connectivity index (χ1) is 9.83. The maximum absolute atomic E-state index is 4.57. The molecule has 1 unspecified atom stereocenters. The first kappa shape index (κ1) is 13.7. The number of aromatic nitrogens is 1. The third kappa shape index (κ3) is 3.26. The quantitative estimate of drug-likeness (QED) is 0.937. The Balaban J connectivity index is 1.66. The minimum Gasteiger partial charge on any atom is -0.314 e. The number of nitrogens with one attached hydrogen (secondary N) is 1. The Morgan fingerprint density at radius 2 is 2.20 bits per heavy atom. The van der Waals surface area contributed by atoms with E-state index in [0.29, 0.717) is 6.04 Å². The van der Waals surface area contributed by atoms with Gasteiger partial charge >= 0.3 is 0 Å². The van der Waals surface area contributed by atoms with Crippen molar-refractivity contribution in [2.24, 2.45) is 0 Å². The van der Waals surface area contributed by atoms with Gasteiger partial charge in [-0.05, 0) is 12.5 Å². The van der Waals surface area contributed by atoms with Crippen LogP contribution in [0.1, 0.15) is 22.3 Å². The van der Waals surface area contributed by atoms with Gasteiger partial charge in [0.2, 0.25) is 0 Å². The highest BCUT2D eigenvalue weighted by Gasteiger charge is 2.23. The Labute approximate surface area is 124 Å². The van der Waals surface area contributed by atoms with E-state index in [1.54, 1.807) is 11.3 Å². The maximum Gasteiger partial charge on any atom is 0.0940 e. The van der Waals surface area contributed by atoms with Crippen LogP contribution in [0.2, 0.25) is 0 Å². The largest absolute Gasteiger partial charge is 0.314 e. The molecule has 20 heavy (non-hydrogen) atoms. The smallest absolute Gasteiger partial charge is 0.0940 e. The van der Waals surface area contributed by atoms with Crippen LogP contribution in [0, 0.1) is 6.92 Å². The molecular formula is C16H21N3S. The zero-order chi connectivity index (χ0) is 13.8. The summed E-state index contributed by atoms with van der Waals surface area (Å²) in [6.07, 6.45) is 1.06. The van der Waals surface area contributed by atoms with Crippen molar-refractivity contribution in [1.82, 2.24) is 15.2 Å². The van der Waals surface area contributed by atoms with Crippen LogP contribution in [0.5, 0.6) is 0 Å². The number of piperazine rings is 1. The monoisotopic (exact) mass is 287 g/mol. The number of aryl methyl sites for hydroxylation is 1. The van der Waals surface area contributed by atoms with Crippen molar-refractivity contribution >= 4 is 11.3 Å². The van der Waals surface area contributed by atoms with Gasteiger partial charge in [-0.1, -0.05) is 30.3 Å². The lowest BCUT2D eigenvalue weighted by atomic mass is 10.0. The first-order valence-electron chi connectivity index (χ1n) is 7.23. The molecule has 2 aromatic rings. The fourth-order valence-electron chi connectivity index (χ4n) is 2.77. The summed E-state index contributed by atoms with van der Waals surface area (Å²) in [6.45, 7) is 6.40. The summed E-state index contributed by atoms with van der Waals surface area (Å²) in [5.74, 6) is 0. The summed E-state index contributed by atoms with van der Waals surface area (Å²) in [5, 5.41) is 6.91. The van der Waals surface area contributed by atoms with Crippen LogP contribution in [0.25, 0.3) is 0 Å². The van der Waals surface area contributed by atoms with Gasteiger partial charge in [0.05, 0.1) is 5.01 Å². The molecule has 0 saturated carbocycles. The lowest BCUT2D eigenvalue weighted by Gasteiger charge is -2.36. The summed E-state index contributed by atoms with van der Waals surface area (Å²) in [6, 6.07) is 11.3. The molecule has 1 fully saturated rings. The van der Waals surface area contributed by atoms with Crippen molar-refractivity contribution in [2.75, 3.05) is 26.2 Å². The molecule has 0 radical (unpaired) electrons. The molecule has 0 spiro atoms. The van der Waals surface area contributed by atoms with Gasteiger partial charge in [0.1, 0.15) is 0 Å². The van der Waals surface area contributed by atoms with E-state index in [2.05, 4.69) is 57.8 Å². The van der Waals surface area contributed by atoms with Crippen molar-refractivity contribution in [3.8, 4) is 0 Å². The molecule has 2 heterocycles. The molecule has 1 aromatic carbocycles. The molecule has 1 atom stereocenters. The molecule has 0 bridgehead atoms. The van der Waals surface area contributed by atoms with Gasteiger partial charge in [-0.15, -0.1) is 11.3 Å². The molecule has 1 aliphatic heterocycles. The van der Waals surface area contributed by atoms with E-state index in [0.717, 1.165) is 38.3 Å². The van der Waals surface area contributed by atoms with E-state index < -0.39 is 0 Å². The molecule has 3 rings (SSSR count). The molecular weight excluding hydrogens is 266 g/mol. The summed E-state index contributed by atoms with van der Waals surface area (Å²) in [7, 11) is 0. The lowest BCUT2D eigenvalue weighted by molar-refractivity contribution is 0.164. The van der Waals surface area contributed by atoms with Gasteiger partial charge in [-0.3, -0.25) is 4.90 Å². The Hall–Kier alpha value is -1.23. The highest BCUT2D eigenvalue weighted by Crippen LogP contribution is 2.22. The highest BCUT2D eigenvalue weighted by molar-refractivity contribution is 7.09. The van der Waals surface area contributed by atoms with Gasteiger partial charge in [0, 0.05) is 49.7 Å². The number of hydrogen-bond donors (Lipinski definition) is 1. The van der Waals surface area contributed by atoms with Crippen LogP contribution in [0.15, 0.2) is 35.7 Å². The Morgan fingerprint density at radius 1 is 1.35 bits per heavy atom. The average Bonchev–Trinajstić information content (AvgIpc) is 2.92. The Bertz CT molecular complexity index is 538. The van der Waals surface area contributed by atoms with Crippen molar-refractivity contribution in [2.45, 2.75) is 19.4 Å². The predicted molar refractivity (Wildman–Crippen MR) is 84.2 cm³/mol. The Kier molecular flexibility index (Phi) is 4.45. The fraction of sp³-hybridized carbons (Fsp3) is 0.438. The molecule has 0 amide bonds. The van der Waals surface area contributed by atoms with E-state index in [1.807, 2.05) is 0 Å². The number of hydrogen-bond acceptors (Lipinski definition) is 4. The SMILES string of the molecule is Cc1csc(CCN2CCNCC2c2ccccc2)n1. The molecule has 1 aliphatic rings. The average molecular weight is 287 g/mol. The van der Waals surface area contributed by atoms with Crippen molar-refractivity contribution < 1.29 is 0 Å². The Morgan fingerprint density at radius 3 is 2.95 bits per heavy atom. The standard InChI is InChI=1S/C16H21N3S/c1-13-12-20-16(18-13)7-9-19-10-8-17-11-15(19)14-5-3-2-4-6-14/h2-6,12,15,17H,7-11H2,1H3. The number of thiazole rings is 1. The topological polar surface area (TPSA) is 28.2 Å². The van der Waals surface area contributed by atoms with E-state index in [1.165, 1.54) is 10.6 Å². The summed E-state index contributed by atoms with van der Waals surface area (Å²) in [4.78, 5) is 7.15. The van der Waals surface area contributed by atoms with Gasteiger partial charge in [-0.25, -0.2) is 4.98 Å². The number of rotatable bonds is 4. The molecule has 4 heteroatoms. The molecule has 1 N–H and O–H groups in total.